The number of nitrogens with zero attached hydrogens (tertiary/aromatic N) is 1. The van der Waals surface area contributed by atoms with Crippen molar-refractivity contribution in [3.63, 3.8) is 0 Å². The van der Waals surface area contributed by atoms with Gasteiger partial charge in [-0.05, 0) is 49.7 Å². The first-order valence-corrected chi connectivity index (χ1v) is 15.3. The molecule has 3 rings (SSSR count). The van der Waals surface area contributed by atoms with Gasteiger partial charge >= 0.3 is 0 Å². The molecular weight excluding hydrogens is 438 g/mol. The molecule has 0 N–H and O–H groups in total. The van der Waals surface area contributed by atoms with Crippen LogP contribution in [0, 0.1) is 6.92 Å². The third kappa shape index (κ3) is 4.71. The van der Waals surface area contributed by atoms with E-state index in [-0.39, 0.29) is 9.93 Å². The van der Waals surface area contributed by atoms with Crippen molar-refractivity contribution >= 4 is 18.3 Å². The highest BCUT2D eigenvalue weighted by molar-refractivity contribution is 7.89. The van der Waals surface area contributed by atoms with Gasteiger partial charge in [-0.1, -0.05) is 75.4 Å². The molecule has 0 unspecified atom stereocenters. The number of hydrogen-bond acceptors (Lipinski definition) is 4. The van der Waals surface area contributed by atoms with E-state index in [0.29, 0.717) is 5.76 Å². The molecule has 0 amide bonds. The summed E-state index contributed by atoms with van der Waals surface area (Å²) in [6.45, 7) is 18.6. The molecule has 3 atom stereocenters. The number of aryl methyl sites for hydroxylation is 1. The molecule has 0 saturated carbocycles. The average Bonchev–Trinajstić information content (AvgIpc) is 3.06. The zero-order chi connectivity index (χ0) is 23.9. The largest absolute Gasteiger partial charge is 0.544 e. The highest BCUT2D eigenvalue weighted by atomic mass is 32.2. The number of benzene rings is 2. The van der Waals surface area contributed by atoms with Crippen molar-refractivity contribution in [3.05, 3.63) is 78.1 Å². The van der Waals surface area contributed by atoms with Crippen molar-refractivity contribution in [2.75, 3.05) is 0 Å². The molecule has 2 aromatic rings. The lowest BCUT2D eigenvalue weighted by atomic mass is 10.0. The van der Waals surface area contributed by atoms with Gasteiger partial charge in [0.1, 0.15) is 11.9 Å². The minimum absolute atomic E-state index is 0.0559. The lowest BCUT2D eigenvalue weighted by molar-refractivity contribution is 0.0213. The van der Waals surface area contributed by atoms with Crippen LogP contribution in [0.1, 0.15) is 44.9 Å². The van der Waals surface area contributed by atoms with E-state index in [9.17, 15) is 8.42 Å². The monoisotopic (exact) mass is 473 g/mol. The van der Waals surface area contributed by atoms with Gasteiger partial charge in [-0.2, -0.15) is 4.31 Å². The second-order valence-electron chi connectivity index (χ2n) is 10.0. The van der Waals surface area contributed by atoms with Crippen molar-refractivity contribution in [1.29, 1.82) is 0 Å². The van der Waals surface area contributed by atoms with Crippen molar-refractivity contribution in [1.82, 2.24) is 4.31 Å². The summed E-state index contributed by atoms with van der Waals surface area (Å²) in [6, 6.07) is 16.2. The second-order valence-corrected chi connectivity index (χ2v) is 16.6. The van der Waals surface area contributed by atoms with E-state index in [4.69, 9.17) is 9.16 Å². The number of sulfonamides is 1. The fourth-order valence-corrected chi connectivity index (χ4v) is 6.34. The normalized spacial score (nSPS) is 22.7. The van der Waals surface area contributed by atoms with E-state index in [1.54, 1.807) is 24.3 Å². The first kappa shape index (κ1) is 24.7. The van der Waals surface area contributed by atoms with E-state index < -0.39 is 36.7 Å². The third-order valence-corrected chi connectivity index (χ3v) is 12.9. The van der Waals surface area contributed by atoms with Gasteiger partial charge in [0.25, 0.3) is 0 Å². The van der Waals surface area contributed by atoms with Gasteiger partial charge in [-0.15, -0.1) is 0 Å². The predicted molar refractivity (Wildman–Crippen MR) is 131 cm³/mol. The van der Waals surface area contributed by atoms with Crippen molar-refractivity contribution in [3.8, 4) is 0 Å². The van der Waals surface area contributed by atoms with Crippen LogP contribution < -0.4 is 0 Å². The smallest absolute Gasteiger partial charge is 0.250 e. The second kappa shape index (κ2) is 8.78. The topological polar surface area (TPSA) is 55.8 Å². The maximum absolute atomic E-state index is 13.8. The fourth-order valence-electron chi connectivity index (χ4n) is 3.59. The van der Waals surface area contributed by atoms with E-state index in [2.05, 4.69) is 40.4 Å². The molecule has 0 spiro atoms. The average molecular weight is 474 g/mol. The summed E-state index contributed by atoms with van der Waals surface area (Å²) < 4.78 is 41.7. The molecule has 2 aromatic carbocycles. The van der Waals surface area contributed by atoms with Crippen LogP contribution in [0.4, 0.5) is 0 Å². The maximum atomic E-state index is 13.8. The Labute approximate surface area is 194 Å². The highest BCUT2D eigenvalue weighted by Gasteiger charge is 2.50. The lowest BCUT2D eigenvalue weighted by Gasteiger charge is -2.39. The van der Waals surface area contributed by atoms with Gasteiger partial charge in [0, 0.05) is 0 Å². The molecule has 1 saturated heterocycles. The summed E-state index contributed by atoms with van der Waals surface area (Å²) in [5.41, 5.74) is 1.92. The van der Waals surface area contributed by atoms with Crippen molar-refractivity contribution in [2.45, 2.75) is 76.0 Å². The molecule has 0 aromatic heterocycles. The quantitative estimate of drug-likeness (QED) is 0.381. The Morgan fingerprint density at radius 1 is 1.06 bits per heavy atom. The van der Waals surface area contributed by atoms with E-state index >= 15 is 0 Å². The van der Waals surface area contributed by atoms with Gasteiger partial charge in [0.2, 0.25) is 18.3 Å². The first-order chi connectivity index (χ1) is 14.8. The Hall–Kier alpha value is -1.93. The van der Waals surface area contributed by atoms with Crippen LogP contribution in [-0.4, -0.2) is 33.3 Å². The Bertz CT molecular complexity index is 1060. The Kier molecular flexibility index (Phi) is 6.78. The van der Waals surface area contributed by atoms with Crippen LogP contribution in [0.2, 0.25) is 18.1 Å². The van der Waals surface area contributed by atoms with Crippen LogP contribution >= 0.6 is 0 Å². The van der Waals surface area contributed by atoms with Gasteiger partial charge in [0.05, 0.1) is 10.9 Å². The van der Waals surface area contributed by atoms with Gasteiger partial charge in [-0.25, -0.2) is 8.42 Å². The zero-order valence-electron chi connectivity index (χ0n) is 20.1. The molecule has 1 aliphatic heterocycles. The molecular formula is C25H35NO4SSi. The third-order valence-electron chi connectivity index (χ3n) is 6.54. The highest BCUT2D eigenvalue weighted by Crippen LogP contribution is 2.44. The standard InChI is InChI=1S/C25H35NO4SSi/c1-18-14-16-22(17-15-18)31(27,28)26-19(2)23(21-12-10-9-11-13-21)29-24(26)20(3)30-32(7,8)25(4,5)6/h9-17,19,23-24H,3H2,1-2,4-8H3/t19-,23-,24-/m0/s1. The van der Waals surface area contributed by atoms with Crippen LogP contribution in [-0.2, 0) is 19.2 Å². The van der Waals surface area contributed by atoms with Gasteiger partial charge in [-0.3, -0.25) is 0 Å². The fraction of sp³-hybridized carbons (Fsp3) is 0.440. The van der Waals surface area contributed by atoms with Crippen molar-refractivity contribution < 1.29 is 17.6 Å². The Morgan fingerprint density at radius 3 is 2.16 bits per heavy atom. The minimum Gasteiger partial charge on any atom is -0.544 e. The Balaban J connectivity index is 2.03. The molecule has 174 valence electrons. The van der Waals surface area contributed by atoms with E-state index in [1.165, 1.54) is 4.31 Å². The molecule has 7 heteroatoms. The van der Waals surface area contributed by atoms with E-state index in [0.717, 1.165) is 11.1 Å². The SMILES string of the molecule is C=C(O[Si](C)(C)C(C)(C)C)[C@@H]1O[C@H](c2ccccc2)[C@H](C)N1S(=O)(=O)c1ccc(C)cc1. The summed E-state index contributed by atoms with van der Waals surface area (Å²) in [7, 11) is -6.08. The molecule has 0 bridgehead atoms. The molecule has 5 nitrogen and oxygen atoms in total. The summed E-state index contributed by atoms with van der Waals surface area (Å²) in [5, 5.41) is -0.0559. The maximum Gasteiger partial charge on any atom is 0.250 e. The van der Waals surface area contributed by atoms with Gasteiger partial charge < -0.3 is 9.16 Å². The number of ether oxygens (including phenoxy) is 1. The molecule has 1 fully saturated rings. The Morgan fingerprint density at radius 2 is 1.62 bits per heavy atom. The van der Waals surface area contributed by atoms with Gasteiger partial charge in [0.15, 0.2) is 6.23 Å². The first-order valence-electron chi connectivity index (χ1n) is 10.9. The molecule has 1 heterocycles. The summed E-state index contributed by atoms with van der Waals surface area (Å²) in [4.78, 5) is 0.234. The number of hydrogen-bond donors (Lipinski definition) is 0. The van der Waals surface area contributed by atoms with Crippen LogP contribution in [0.3, 0.4) is 0 Å². The lowest BCUT2D eigenvalue weighted by Crippen LogP contribution is -2.46. The number of rotatable bonds is 6. The van der Waals surface area contributed by atoms with Crippen LogP contribution in [0.15, 0.2) is 71.8 Å². The molecule has 0 aliphatic carbocycles. The molecule has 0 radical (unpaired) electrons. The van der Waals surface area contributed by atoms with Crippen LogP contribution in [0.5, 0.6) is 0 Å². The molecule has 1 aliphatic rings. The molecule has 32 heavy (non-hydrogen) atoms. The summed E-state index contributed by atoms with van der Waals surface area (Å²) >= 11 is 0. The predicted octanol–water partition coefficient (Wildman–Crippen LogP) is 6.01. The minimum atomic E-state index is -3.85. The van der Waals surface area contributed by atoms with E-state index in [1.807, 2.05) is 44.2 Å². The van der Waals surface area contributed by atoms with Crippen molar-refractivity contribution in [2.24, 2.45) is 0 Å². The summed E-state index contributed by atoms with van der Waals surface area (Å²) in [5.74, 6) is 0.345. The van der Waals surface area contributed by atoms with Crippen LogP contribution in [0.25, 0.3) is 0 Å². The zero-order valence-corrected chi connectivity index (χ0v) is 21.9. The summed E-state index contributed by atoms with van der Waals surface area (Å²) in [6.07, 6.45) is -1.34.